The normalized spacial score (nSPS) is 18.8. The third kappa shape index (κ3) is 2.34. The Morgan fingerprint density at radius 1 is 1.40 bits per heavy atom. The molecule has 2 N–H and O–H groups in total. The van der Waals surface area contributed by atoms with E-state index in [4.69, 9.17) is 15.2 Å². The average Bonchev–Trinajstić information content (AvgIpc) is 2.94. The zero-order chi connectivity index (χ0) is 13.9. The van der Waals surface area contributed by atoms with E-state index in [1.807, 2.05) is 28.9 Å². The summed E-state index contributed by atoms with van der Waals surface area (Å²) in [5.74, 6) is 1.49. The van der Waals surface area contributed by atoms with Gasteiger partial charge in [-0.15, -0.1) is 5.10 Å². The molecular weight excluding hydrogens is 256 g/mol. The van der Waals surface area contributed by atoms with Crippen molar-refractivity contribution < 1.29 is 9.47 Å². The zero-order valence-corrected chi connectivity index (χ0v) is 11.4. The van der Waals surface area contributed by atoms with Crippen molar-refractivity contribution in [1.82, 2.24) is 15.0 Å². The van der Waals surface area contributed by atoms with Crippen LogP contribution in [-0.2, 0) is 6.54 Å². The van der Waals surface area contributed by atoms with Gasteiger partial charge in [-0.1, -0.05) is 24.3 Å². The van der Waals surface area contributed by atoms with Crippen LogP contribution in [0.5, 0.6) is 11.5 Å². The van der Waals surface area contributed by atoms with Gasteiger partial charge in [0.1, 0.15) is 6.61 Å². The van der Waals surface area contributed by atoms with Crippen molar-refractivity contribution in [1.29, 1.82) is 0 Å². The highest BCUT2D eigenvalue weighted by Crippen LogP contribution is 2.33. The summed E-state index contributed by atoms with van der Waals surface area (Å²) in [4.78, 5) is 0. The van der Waals surface area contributed by atoms with Crippen molar-refractivity contribution in [2.45, 2.75) is 32.0 Å². The minimum absolute atomic E-state index is 0.237. The van der Waals surface area contributed by atoms with Crippen LogP contribution in [0.4, 0.5) is 0 Å². The molecule has 20 heavy (non-hydrogen) atoms. The summed E-state index contributed by atoms with van der Waals surface area (Å²) in [7, 11) is 0. The number of fused-ring (bicyclic) bond motifs is 1. The van der Waals surface area contributed by atoms with Crippen LogP contribution in [0.1, 0.15) is 25.1 Å². The first kappa shape index (κ1) is 12.9. The molecule has 1 aliphatic heterocycles. The van der Waals surface area contributed by atoms with Crippen LogP contribution >= 0.6 is 0 Å². The standard InChI is InChI=1S/C14H18N4O2/c1-2-7-18-10(8-16-17-18)14(15)13-9-19-11-5-3-4-6-12(11)20-13/h3-6,8,13-14H,2,7,9,15H2,1H3. The van der Waals surface area contributed by atoms with Gasteiger partial charge < -0.3 is 15.2 Å². The molecule has 0 saturated heterocycles. The molecule has 2 atom stereocenters. The number of hydrogen-bond acceptors (Lipinski definition) is 5. The Kier molecular flexibility index (Phi) is 3.56. The lowest BCUT2D eigenvalue weighted by molar-refractivity contribution is 0.0699. The Labute approximate surface area is 117 Å². The van der Waals surface area contributed by atoms with Gasteiger partial charge in [-0.25, -0.2) is 4.68 Å². The van der Waals surface area contributed by atoms with E-state index in [9.17, 15) is 0 Å². The summed E-state index contributed by atoms with van der Waals surface area (Å²) in [5.41, 5.74) is 7.17. The minimum atomic E-state index is -0.315. The molecule has 0 amide bonds. The van der Waals surface area contributed by atoms with Crippen LogP contribution in [0, 0.1) is 0 Å². The van der Waals surface area contributed by atoms with E-state index in [0.29, 0.717) is 6.61 Å². The van der Waals surface area contributed by atoms with Crippen molar-refractivity contribution in [2.75, 3.05) is 6.61 Å². The number of aryl methyl sites for hydroxylation is 1. The van der Waals surface area contributed by atoms with Crippen molar-refractivity contribution >= 4 is 0 Å². The lowest BCUT2D eigenvalue weighted by Gasteiger charge is -2.30. The van der Waals surface area contributed by atoms with Gasteiger partial charge in [0.05, 0.1) is 17.9 Å². The second-order valence-corrected chi connectivity index (χ2v) is 4.82. The second-order valence-electron chi connectivity index (χ2n) is 4.82. The fraction of sp³-hybridized carbons (Fsp3) is 0.429. The van der Waals surface area contributed by atoms with E-state index in [-0.39, 0.29) is 12.1 Å². The third-order valence-electron chi connectivity index (χ3n) is 3.36. The Morgan fingerprint density at radius 2 is 2.20 bits per heavy atom. The molecule has 3 rings (SSSR count). The lowest BCUT2D eigenvalue weighted by atomic mass is 10.1. The van der Waals surface area contributed by atoms with Crippen LogP contribution in [0.3, 0.4) is 0 Å². The van der Waals surface area contributed by atoms with E-state index in [1.54, 1.807) is 6.20 Å². The summed E-state index contributed by atoms with van der Waals surface area (Å²) >= 11 is 0. The van der Waals surface area contributed by atoms with E-state index in [1.165, 1.54) is 0 Å². The minimum Gasteiger partial charge on any atom is -0.486 e. The maximum Gasteiger partial charge on any atom is 0.161 e. The molecule has 0 saturated carbocycles. The van der Waals surface area contributed by atoms with E-state index >= 15 is 0 Å². The molecule has 0 fully saturated rings. The largest absolute Gasteiger partial charge is 0.486 e. The Morgan fingerprint density at radius 3 is 3.00 bits per heavy atom. The molecule has 106 valence electrons. The van der Waals surface area contributed by atoms with Gasteiger partial charge in [0.25, 0.3) is 0 Å². The number of nitrogens with two attached hydrogens (primary N) is 1. The molecule has 0 bridgehead atoms. The smallest absolute Gasteiger partial charge is 0.161 e. The Bertz CT molecular complexity index is 584. The summed E-state index contributed by atoms with van der Waals surface area (Å²) in [6.45, 7) is 3.32. The van der Waals surface area contributed by atoms with Gasteiger partial charge in [0.2, 0.25) is 0 Å². The number of aromatic nitrogens is 3. The first-order valence-electron chi connectivity index (χ1n) is 6.82. The van der Waals surface area contributed by atoms with Crippen molar-refractivity contribution in [3.8, 4) is 11.5 Å². The number of benzene rings is 1. The van der Waals surface area contributed by atoms with Gasteiger partial charge in [-0.3, -0.25) is 0 Å². The van der Waals surface area contributed by atoms with E-state index in [0.717, 1.165) is 30.2 Å². The lowest BCUT2D eigenvalue weighted by Crippen LogP contribution is -2.40. The predicted molar refractivity (Wildman–Crippen MR) is 73.6 cm³/mol. The average molecular weight is 274 g/mol. The highest BCUT2D eigenvalue weighted by atomic mass is 16.6. The topological polar surface area (TPSA) is 75.2 Å². The van der Waals surface area contributed by atoms with Gasteiger partial charge in [0, 0.05) is 6.54 Å². The number of rotatable bonds is 4. The molecule has 2 heterocycles. The van der Waals surface area contributed by atoms with Gasteiger partial charge in [-0.2, -0.15) is 0 Å². The van der Waals surface area contributed by atoms with E-state index in [2.05, 4.69) is 17.2 Å². The third-order valence-corrected chi connectivity index (χ3v) is 3.36. The molecule has 6 nitrogen and oxygen atoms in total. The fourth-order valence-corrected chi connectivity index (χ4v) is 2.31. The van der Waals surface area contributed by atoms with Gasteiger partial charge in [0.15, 0.2) is 17.6 Å². The second kappa shape index (κ2) is 5.50. The molecular formula is C14H18N4O2. The monoisotopic (exact) mass is 274 g/mol. The van der Waals surface area contributed by atoms with Crippen LogP contribution in [-0.4, -0.2) is 27.7 Å². The summed E-state index contributed by atoms with van der Waals surface area (Å²) in [6.07, 6.45) is 2.44. The molecule has 1 aromatic carbocycles. The maximum atomic E-state index is 6.30. The van der Waals surface area contributed by atoms with Crippen LogP contribution in [0.15, 0.2) is 30.5 Å². The highest BCUT2D eigenvalue weighted by molar-refractivity contribution is 5.41. The Balaban J connectivity index is 1.78. The van der Waals surface area contributed by atoms with Crippen molar-refractivity contribution in [3.05, 3.63) is 36.2 Å². The number of nitrogens with zero attached hydrogens (tertiary/aromatic N) is 3. The number of para-hydroxylation sites is 2. The molecule has 1 aliphatic rings. The maximum absolute atomic E-state index is 6.30. The van der Waals surface area contributed by atoms with Gasteiger partial charge in [-0.05, 0) is 18.6 Å². The predicted octanol–water partition coefficient (Wildman–Crippen LogP) is 1.53. The highest BCUT2D eigenvalue weighted by Gasteiger charge is 2.29. The molecule has 2 unspecified atom stereocenters. The summed E-state index contributed by atoms with van der Waals surface area (Å²) in [5, 5.41) is 7.99. The van der Waals surface area contributed by atoms with Crippen LogP contribution < -0.4 is 15.2 Å². The van der Waals surface area contributed by atoms with E-state index < -0.39 is 0 Å². The quantitative estimate of drug-likeness (QED) is 0.915. The molecule has 0 radical (unpaired) electrons. The van der Waals surface area contributed by atoms with Crippen molar-refractivity contribution in [2.24, 2.45) is 5.73 Å². The molecule has 2 aromatic rings. The van der Waals surface area contributed by atoms with Gasteiger partial charge >= 0.3 is 0 Å². The number of ether oxygens (including phenoxy) is 2. The Hall–Kier alpha value is -2.08. The number of hydrogen-bond donors (Lipinski definition) is 1. The first-order chi connectivity index (χ1) is 9.79. The summed E-state index contributed by atoms with van der Waals surface area (Å²) in [6, 6.07) is 7.29. The van der Waals surface area contributed by atoms with Crippen LogP contribution in [0.2, 0.25) is 0 Å². The molecule has 0 aliphatic carbocycles. The molecule has 6 heteroatoms. The zero-order valence-electron chi connectivity index (χ0n) is 11.4. The fourth-order valence-electron chi connectivity index (χ4n) is 2.31. The summed E-state index contributed by atoms with van der Waals surface area (Å²) < 4.78 is 13.5. The molecule has 0 spiro atoms. The SMILES string of the molecule is CCCn1nncc1C(N)C1COc2ccccc2O1. The van der Waals surface area contributed by atoms with Crippen LogP contribution in [0.25, 0.3) is 0 Å². The van der Waals surface area contributed by atoms with Crippen molar-refractivity contribution in [3.63, 3.8) is 0 Å². The molecule has 1 aromatic heterocycles. The first-order valence-corrected chi connectivity index (χ1v) is 6.82.